The molecule has 0 spiro atoms. The first-order valence-corrected chi connectivity index (χ1v) is 11.3. The molecule has 1 aliphatic carbocycles. The van der Waals surface area contributed by atoms with Crippen LogP contribution in [0.25, 0.3) is 0 Å². The van der Waals surface area contributed by atoms with Crippen LogP contribution in [0.3, 0.4) is 0 Å². The zero-order chi connectivity index (χ0) is 23.6. The molecular weight excluding hydrogens is 442 g/mol. The highest BCUT2D eigenvalue weighted by Gasteiger charge is 2.48. The highest BCUT2D eigenvalue weighted by Crippen LogP contribution is 2.35. The Kier molecular flexibility index (Phi) is 6.67. The number of carbonyl (C=O) groups excluding carboxylic acids is 1. The first kappa shape index (κ1) is 23.8. The van der Waals surface area contributed by atoms with E-state index < -0.39 is 45.3 Å². The van der Waals surface area contributed by atoms with E-state index in [4.69, 9.17) is 7.85 Å². The van der Waals surface area contributed by atoms with Gasteiger partial charge in [0.15, 0.2) is 9.84 Å². The minimum absolute atomic E-state index is 0.177. The monoisotopic (exact) mass is 461 g/mol. The van der Waals surface area contributed by atoms with Gasteiger partial charge in [-0.2, -0.15) is 18.4 Å². The van der Waals surface area contributed by atoms with E-state index in [1.807, 2.05) is 6.07 Å². The molecule has 1 amide bonds. The SMILES string of the molecule is [B]c1ccc(S(=O)(=O)C[C@H](N[C@@H](c2ccccc2)C(F)(F)F)C(=O)NC2(C#N)CC2)cc1. The molecule has 0 bridgehead atoms. The van der Waals surface area contributed by atoms with Crippen molar-refractivity contribution in [2.75, 3.05) is 5.75 Å². The lowest BCUT2D eigenvalue weighted by molar-refractivity contribution is -0.160. The number of nitrogens with zero attached hydrogens (tertiary/aromatic N) is 1. The summed E-state index contributed by atoms with van der Waals surface area (Å²) in [6, 6.07) is 9.77. The van der Waals surface area contributed by atoms with Crippen LogP contribution in [0.5, 0.6) is 0 Å². The van der Waals surface area contributed by atoms with Crippen molar-refractivity contribution < 1.29 is 26.4 Å². The predicted molar refractivity (Wildman–Crippen MR) is 112 cm³/mol. The lowest BCUT2D eigenvalue weighted by atomic mass is 9.97. The van der Waals surface area contributed by atoms with E-state index in [-0.39, 0.29) is 10.5 Å². The molecule has 2 aromatic carbocycles. The van der Waals surface area contributed by atoms with Crippen LogP contribution in [0.15, 0.2) is 59.5 Å². The van der Waals surface area contributed by atoms with Crippen molar-refractivity contribution in [3.63, 3.8) is 0 Å². The number of sulfone groups is 1. The van der Waals surface area contributed by atoms with E-state index >= 15 is 0 Å². The van der Waals surface area contributed by atoms with E-state index in [1.54, 1.807) is 0 Å². The molecule has 0 aromatic heterocycles. The molecule has 0 saturated heterocycles. The van der Waals surface area contributed by atoms with Crippen molar-refractivity contribution >= 4 is 29.1 Å². The molecule has 2 radical (unpaired) electrons. The van der Waals surface area contributed by atoms with Crippen LogP contribution in [0, 0.1) is 11.3 Å². The van der Waals surface area contributed by atoms with Gasteiger partial charge in [0.2, 0.25) is 5.91 Å². The number of benzene rings is 2. The fourth-order valence-electron chi connectivity index (χ4n) is 3.13. The van der Waals surface area contributed by atoms with Crippen LogP contribution < -0.4 is 16.1 Å². The minimum Gasteiger partial charge on any atom is -0.336 e. The molecule has 1 fully saturated rings. The van der Waals surface area contributed by atoms with Gasteiger partial charge in [-0.05, 0) is 30.5 Å². The molecule has 0 unspecified atom stereocenters. The van der Waals surface area contributed by atoms with Crippen molar-refractivity contribution in [2.45, 2.75) is 41.5 Å². The number of hydrogen-bond donors (Lipinski definition) is 2. The Morgan fingerprint density at radius 3 is 2.22 bits per heavy atom. The summed E-state index contributed by atoms with van der Waals surface area (Å²) in [5.41, 5.74) is -1.05. The van der Waals surface area contributed by atoms with Gasteiger partial charge in [0.1, 0.15) is 25.5 Å². The maximum absolute atomic E-state index is 13.8. The third-order valence-corrected chi connectivity index (χ3v) is 6.86. The van der Waals surface area contributed by atoms with Gasteiger partial charge < -0.3 is 5.32 Å². The summed E-state index contributed by atoms with van der Waals surface area (Å²) in [5.74, 6) is -1.93. The summed E-state index contributed by atoms with van der Waals surface area (Å²) in [6.07, 6.45) is -4.13. The zero-order valence-electron chi connectivity index (χ0n) is 16.8. The van der Waals surface area contributed by atoms with E-state index in [2.05, 4.69) is 10.6 Å². The van der Waals surface area contributed by atoms with Gasteiger partial charge in [-0.3, -0.25) is 10.1 Å². The second-order valence-electron chi connectivity index (χ2n) is 7.64. The number of alkyl halides is 3. The summed E-state index contributed by atoms with van der Waals surface area (Å²) in [6.45, 7) is 0. The predicted octanol–water partition coefficient (Wildman–Crippen LogP) is 1.69. The molecule has 1 saturated carbocycles. The van der Waals surface area contributed by atoms with Crippen LogP contribution >= 0.6 is 0 Å². The van der Waals surface area contributed by atoms with Crippen LogP contribution in [-0.2, 0) is 14.6 Å². The van der Waals surface area contributed by atoms with Crippen molar-refractivity contribution in [2.24, 2.45) is 0 Å². The van der Waals surface area contributed by atoms with Gasteiger partial charge in [0, 0.05) is 0 Å². The standard InChI is InChI=1S/C21H19BF3N3O3S/c22-15-6-8-16(9-7-15)32(30,31)12-17(19(29)28-20(13-26)10-11-20)27-18(21(23,24)25)14-4-2-1-3-5-14/h1-9,17-18,27H,10-12H2,(H,28,29)/t17-,18-/m0/s1. The lowest BCUT2D eigenvalue weighted by Crippen LogP contribution is -2.54. The fraction of sp³-hybridized carbons (Fsp3) is 0.333. The van der Waals surface area contributed by atoms with E-state index in [1.165, 1.54) is 54.6 Å². The van der Waals surface area contributed by atoms with Crippen molar-refractivity contribution in [1.29, 1.82) is 5.26 Å². The van der Waals surface area contributed by atoms with Crippen LogP contribution in [0.1, 0.15) is 24.4 Å². The molecule has 11 heteroatoms. The Bertz CT molecular complexity index is 1110. The molecule has 0 heterocycles. The maximum Gasteiger partial charge on any atom is 0.407 e. The number of amides is 1. The fourth-order valence-corrected chi connectivity index (χ4v) is 4.56. The second-order valence-corrected chi connectivity index (χ2v) is 9.67. The normalized spacial score (nSPS) is 17.1. The van der Waals surface area contributed by atoms with Crippen molar-refractivity contribution in [1.82, 2.24) is 10.6 Å². The molecular formula is C21H19BF3N3O3S. The van der Waals surface area contributed by atoms with Gasteiger partial charge in [0.05, 0.1) is 16.7 Å². The Balaban J connectivity index is 1.93. The summed E-state index contributed by atoms with van der Waals surface area (Å²) >= 11 is 0. The van der Waals surface area contributed by atoms with Crippen molar-refractivity contribution in [3.05, 3.63) is 60.2 Å². The number of nitriles is 1. The maximum atomic E-state index is 13.8. The molecule has 2 aromatic rings. The smallest absolute Gasteiger partial charge is 0.336 e. The third kappa shape index (κ3) is 5.69. The average Bonchev–Trinajstić information content (AvgIpc) is 3.51. The molecule has 3 rings (SSSR count). The largest absolute Gasteiger partial charge is 0.407 e. The van der Waals surface area contributed by atoms with Crippen molar-refractivity contribution in [3.8, 4) is 6.07 Å². The molecule has 2 atom stereocenters. The third-order valence-electron chi connectivity index (χ3n) is 5.10. The Morgan fingerprint density at radius 1 is 1.12 bits per heavy atom. The van der Waals surface area contributed by atoms with Gasteiger partial charge in [-0.15, -0.1) is 0 Å². The molecule has 166 valence electrons. The molecule has 0 aliphatic heterocycles. The number of rotatable bonds is 8. The van der Waals surface area contributed by atoms with Crippen LogP contribution in [0.4, 0.5) is 13.2 Å². The molecule has 1 aliphatic rings. The van der Waals surface area contributed by atoms with E-state index in [0.29, 0.717) is 18.3 Å². The number of carbonyl (C=O) groups is 1. The number of halogens is 3. The summed E-state index contributed by atoms with van der Waals surface area (Å²) in [7, 11) is 1.40. The first-order chi connectivity index (χ1) is 15.0. The van der Waals surface area contributed by atoms with Crippen LogP contribution in [0.2, 0.25) is 0 Å². The average molecular weight is 461 g/mol. The quantitative estimate of drug-likeness (QED) is 0.584. The first-order valence-electron chi connectivity index (χ1n) is 9.65. The van der Waals surface area contributed by atoms with E-state index in [9.17, 15) is 31.6 Å². The highest BCUT2D eigenvalue weighted by atomic mass is 32.2. The van der Waals surface area contributed by atoms with Gasteiger partial charge >= 0.3 is 6.18 Å². The van der Waals surface area contributed by atoms with Gasteiger partial charge in [-0.1, -0.05) is 47.9 Å². The summed E-state index contributed by atoms with van der Waals surface area (Å²) in [5, 5.41) is 13.8. The minimum atomic E-state index is -4.81. The lowest BCUT2D eigenvalue weighted by Gasteiger charge is -2.28. The topological polar surface area (TPSA) is 99.1 Å². The number of hydrogen-bond acceptors (Lipinski definition) is 5. The summed E-state index contributed by atoms with van der Waals surface area (Å²) < 4.78 is 67.2. The summed E-state index contributed by atoms with van der Waals surface area (Å²) in [4.78, 5) is 12.7. The van der Waals surface area contributed by atoms with Gasteiger partial charge in [-0.25, -0.2) is 8.42 Å². The van der Waals surface area contributed by atoms with Gasteiger partial charge in [0.25, 0.3) is 0 Å². The van der Waals surface area contributed by atoms with E-state index in [0.717, 1.165) is 0 Å². The molecule has 2 N–H and O–H groups in total. The molecule has 32 heavy (non-hydrogen) atoms. The van der Waals surface area contributed by atoms with Crippen LogP contribution in [-0.4, -0.2) is 45.7 Å². The highest BCUT2D eigenvalue weighted by molar-refractivity contribution is 7.91. The zero-order valence-corrected chi connectivity index (χ0v) is 17.6. The Morgan fingerprint density at radius 2 is 1.72 bits per heavy atom. The second kappa shape index (κ2) is 8.96. The number of nitrogens with one attached hydrogen (secondary N) is 2. The Labute approximate surface area is 185 Å². The molecule has 6 nitrogen and oxygen atoms in total. The Hall–Kier alpha value is -2.84.